The predicted molar refractivity (Wildman–Crippen MR) is 161 cm³/mol. The first kappa shape index (κ1) is 29.8. The lowest BCUT2D eigenvalue weighted by molar-refractivity contribution is -0.132. The Bertz CT molecular complexity index is 1910. The van der Waals surface area contributed by atoms with E-state index in [-0.39, 0.29) is 57.1 Å². The number of benzene rings is 3. The van der Waals surface area contributed by atoms with Crippen LogP contribution in [0.3, 0.4) is 0 Å². The van der Waals surface area contributed by atoms with Crippen LogP contribution in [-0.2, 0) is 22.4 Å². The van der Waals surface area contributed by atoms with Gasteiger partial charge in [-0.1, -0.05) is 13.3 Å². The first-order valence-electron chi connectivity index (χ1n) is 14.5. The molecule has 3 aromatic rings. The van der Waals surface area contributed by atoms with Gasteiger partial charge in [-0.25, -0.2) is 0 Å². The molecule has 12 nitrogen and oxygen atoms in total. The van der Waals surface area contributed by atoms with Gasteiger partial charge in [0.15, 0.2) is 5.78 Å². The van der Waals surface area contributed by atoms with Crippen LogP contribution in [0.1, 0.15) is 99.3 Å². The Balaban J connectivity index is 1.62. The number of ketones is 2. The summed E-state index contributed by atoms with van der Waals surface area (Å²) in [6, 6.07) is 2.05. The molecule has 232 valence electrons. The summed E-state index contributed by atoms with van der Waals surface area (Å²) in [5.74, 6) is -4.99. The lowest BCUT2D eigenvalue weighted by Gasteiger charge is -2.33. The fourth-order valence-electron chi connectivity index (χ4n) is 6.65. The Hall–Kier alpha value is -5.23. The maximum Gasteiger partial charge on any atom is 0.308 e. The zero-order valence-electron chi connectivity index (χ0n) is 25.0. The molecule has 12 heteroatoms. The summed E-state index contributed by atoms with van der Waals surface area (Å²) in [6.07, 6.45) is 3.52. The molecule has 1 aliphatic heterocycles. The molecule has 45 heavy (non-hydrogen) atoms. The van der Waals surface area contributed by atoms with E-state index in [2.05, 4.69) is 10.5 Å². The number of hydrogen-bond donors (Lipinski definition) is 5. The van der Waals surface area contributed by atoms with E-state index in [0.717, 1.165) is 20.3 Å². The van der Waals surface area contributed by atoms with E-state index in [4.69, 9.17) is 15.2 Å². The van der Waals surface area contributed by atoms with Gasteiger partial charge in [0.2, 0.25) is 5.78 Å². The molecule has 0 saturated heterocycles. The first-order valence-corrected chi connectivity index (χ1v) is 14.5. The zero-order valence-corrected chi connectivity index (χ0v) is 25.0. The second-order valence-corrected chi connectivity index (χ2v) is 11.5. The smallest absolute Gasteiger partial charge is 0.308 e. The number of nitrogens with two attached hydrogens (primary N) is 1. The van der Waals surface area contributed by atoms with E-state index in [9.17, 15) is 34.5 Å². The molecule has 0 saturated carbocycles. The van der Waals surface area contributed by atoms with Crippen LogP contribution in [0.2, 0.25) is 0 Å². The highest BCUT2D eigenvalue weighted by Crippen LogP contribution is 2.55. The predicted octanol–water partition coefficient (Wildman–Crippen LogP) is 3.61. The highest BCUT2D eigenvalue weighted by molar-refractivity contribution is 6.32. The van der Waals surface area contributed by atoms with Crippen LogP contribution >= 0.6 is 0 Å². The van der Waals surface area contributed by atoms with Crippen molar-refractivity contribution in [1.82, 2.24) is 5.43 Å². The minimum atomic E-state index is -0.877. The van der Waals surface area contributed by atoms with Gasteiger partial charge in [-0.2, -0.15) is 5.10 Å². The number of phenolic OH excluding ortho intramolecular Hbond substituents is 3. The summed E-state index contributed by atoms with van der Waals surface area (Å²) in [4.78, 5) is 52.1. The van der Waals surface area contributed by atoms with E-state index in [1.807, 2.05) is 13.0 Å². The molecule has 0 aromatic heterocycles. The molecule has 0 bridgehead atoms. The summed E-state index contributed by atoms with van der Waals surface area (Å²) >= 11 is 0. The van der Waals surface area contributed by atoms with Gasteiger partial charge in [0, 0.05) is 58.8 Å². The number of nitrogens with one attached hydrogen (secondary N) is 1. The minimum Gasteiger partial charge on any atom is -0.507 e. The van der Waals surface area contributed by atoms with Crippen molar-refractivity contribution in [1.29, 1.82) is 0 Å². The van der Waals surface area contributed by atoms with Crippen LogP contribution in [0.15, 0.2) is 17.2 Å². The molecule has 1 heterocycles. The number of rotatable bonds is 5. The van der Waals surface area contributed by atoms with Crippen molar-refractivity contribution in [2.24, 2.45) is 10.8 Å². The molecule has 6 rings (SSSR count). The molecule has 6 N–H and O–H groups in total. The van der Waals surface area contributed by atoms with Crippen LogP contribution < -0.4 is 20.6 Å². The van der Waals surface area contributed by atoms with E-state index in [1.54, 1.807) is 6.21 Å². The SMILES string of the molecule is CCCC(N)C1NN=Cc2cc3c(c(O)c21)-c1c(O)c2c(c(O)c1CC3)C(=O)c1c(cc(OC(C)=O)c(C)c1OC(C)=O)C2=O. The van der Waals surface area contributed by atoms with Crippen molar-refractivity contribution in [3.8, 4) is 39.9 Å². The van der Waals surface area contributed by atoms with Gasteiger partial charge in [-0.3, -0.25) is 19.2 Å². The molecule has 0 spiro atoms. The number of hydrazone groups is 1. The lowest BCUT2D eigenvalue weighted by Crippen LogP contribution is -2.38. The van der Waals surface area contributed by atoms with Crippen molar-refractivity contribution in [3.05, 3.63) is 62.2 Å². The number of nitrogens with zero attached hydrogens (tertiary/aromatic N) is 1. The first-order chi connectivity index (χ1) is 21.4. The van der Waals surface area contributed by atoms with Gasteiger partial charge < -0.3 is 36.0 Å². The molecule has 2 unspecified atom stereocenters. The number of hydrogen-bond acceptors (Lipinski definition) is 12. The monoisotopic (exact) mass is 613 g/mol. The Labute approximate surface area is 257 Å². The maximum absolute atomic E-state index is 14.1. The average Bonchev–Trinajstić information content (AvgIpc) is 2.98. The number of carbonyl (C=O) groups excluding carboxylic acids is 4. The second-order valence-electron chi connectivity index (χ2n) is 11.5. The average molecular weight is 614 g/mol. The topological polar surface area (TPSA) is 198 Å². The van der Waals surface area contributed by atoms with E-state index >= 15 is 0 Å². The van der Waals surface area contributed by atoms with Crippen molar-refractivity contribution in [2.45, 2.75) is 65.5 Å². The van der Waals surface area contributed by atoms with E-state index < -0.39 is 58.2 Å². The number of fused-ring (bicyclic) bond motifs is 6. The van der Waals surface area contributed by atoms with Crippen LogP contribution in [-0.4, -0.2) is 51.1 Å². The fraction of sp³-hybridized carbons (Fsp3) is 0.303. The van der Waals surface area contributed by atoms with Gasteiger partial charge in [0.05, 0.1) is 28.9 Å². The van der Waals surface area contributed by atoms with Crippen LogP contribution in [0.25, 0.3) is 11.1 Å². The molecule has 2 atom stereocenters. The number of carbonyl (C=O) groups is 4. The van der Waals surface area contributed by atoms with Gasteiger partial charge >= 0.3 is 11.9 Å². The van der Waals surface area contributed by atoms with E-state index in [1.165, 1.54) is 13.0 Å². The van der Waals surface area contributed by atoms with Gasteiger partial charge in [-0.15, -0.1) is 0 Å². The van der Waals surface area contributed by atoms with E-state index in [0.29, 0.717) is 29.5 Å². The molecule has 2 aliphatic carbocycles. The van der Waals surface area contributed by atoms with Gasteiger partial charge in [0.1, 0.15) is 28.7 Å². The lowest BCUT2D eigenvalue weighted by atomic mass is 9.74. The quantitative estimate of drug-likeness (QED) is 0.125. The van der Waals surface area contributed by atoms with Crippen molar-refractivity contribution in [2.75, 3.05) is 0 Å². The Morgan fingerprint density at radius 2 is 1.64 bits per heavy atom. The third-order valence-corrected chi connectivity index (χ3v) is 8.58. The summed E-state index contributed by atoms with van der Waals surface area (Å²) in [6.45, 7) is 5.69. The summed E-state index contributed by atoms with van der Waals surface area (Å²) in [5, 5.41) is 39.4. The summed E-state index contributed by atoms with van der Waals surface area (Å²) < 4.78 is 10.6. The molecule has 3 aliphatic rings. The number of aromatic hydroxyl groups is 3. The van der Waals surface area contributed by atoms with Crippen molar-refractivity contribution < 1.29 is 44.0 Å². The highest BCUT2D eigenvalue weighted by atomic mass is 16.5. The Morgan fingerprint density at radius 3 is 2.31 bits per heavy atom. The highest BCUT2D eigenvalue weighted by Gasteiger charge is 2.43. The molecular weight excluding hydrogens is 582 g/mol. The van der Waals surface area contributed by atoms with Gasteiger partial charge in [0.25, 0.3) is 0 Å². The summed E-state index contributed by atoms with van der Waals surface area (Å²) in [7, 11) is 0. The maximum atomic E-state index is 14.1. The van der Waals surface area contributed by atoms with Crippen molar-refractivity contribution in [3.63, 3.8) is 0 Å². The largest absolute Gasteiger partial charge is 0.507 e. The van der Waals surface area contributed by atoms with Crippen LogP contribution in [0.5, 0.6) is 28.7 Å². The molecular formula is C33H31N3O9. The Morgan fingerprint density at radius 1 is 0.956 bits per heavy atom. The van der Waals surface area contributed by atoms with Crippen LogP contribution in [0.4, 0.5) is 0 Å². The fourth-order valence-corrected chi connectivity index (χ4v) is 6.65. The minimum absolute atomic E-state index is 0.0234. The standard InChI is InChI=1S/C33H31N3O9/c1-5-6-19(34)27-22-16(11-35-36-27)9-15-7-8-17-23(21(15)30(22)41)31(42)26-25(28(17)39)32(43)24-18(29(26)40)10-20(44-13(3)37)12(2)33(24)45-14(4)38/h9-11,19,27,36,39,41-42H,5-8,34H2,1-4H3. The molecule has 3 aromatic carbocycles. The molecule has 0 fully saturated rings. The number of ether oxygens (including phenoxy) is 2. The zero-order chi connectivity index (χ0) is 32.5. The summed E-state index contributed by atoms with van der Waals surface area (Å²) in [5.41, 5.74) is 10.2. The van der Waals surface area contributed by atoms with Gasteiger partial charge in [-0.05, 0) is 43.9 Å². The van der Waals surface area contributed by atoms with Crippen molar-refractivity contribution >= 4 is 29.7 Å². The second kappa shape index (κ2) is 10.7. The normalized spacial score (nSPS) is 16.4. The third-order valence-electron chi connectivity index (χ3n) is 8.58. The third kappa shape index (κ3) is 4.43. The van der Waals surface area contributed by atoms with Crippen LogP contribution in [0, 0.1) is 6.92 Å². The molecule has 0 amide bonds. The number of esters is 2. The molecule has 0 radical (unpaired) electrons. The number of aryl methyl sites for hydroxylation is 1. The number of phenols is 3. The Kier molecular flexibility index (Phi) is 7.12.